The summed E-state index contributed by atoms with van der Waals surface area (Å²) in [7, 11) is -3.56. The molecule has 1 unspecified atom stereocenters. The van der Waals surface area contributed by atoms with E-state index in [9.17, 15) is 8.42 Å². The Kier molecular flexibility index (Phi) is 4.49. The Morgan fingerprint density at radius 2 is 2.12 bits per heavy atom. The maximum absolute atomic E-state index is 11.9. The number of aryl methyl sites for hydroxylation is 1. The van der Waals surface area contributed by atoms with Gasteiger partial charge in [0.1, 0.15) is 0 Å². The Hall–Kier alpha value is -0.430. The van der Waals surface area contributed by atoms with Crippen LogP contribution in [0.25, 0.3) is 0 Å². The van der Waals surface area contributed by atoms with E-state index in [4.69, 9.17) is 5.11 Å². The van der Waals surface area contributed by atoms with Gasteiger partial charge in [-0.15, -0.1) is 0 Å². The van der Waals surface area contributed by atoms with Crippen LogP contribution >= 0.6 is 15.9 Å². The van der Waals surface area contributed by atoms with Gasteiger partial charge >= 0.3 is 0 Å². The zero-order chi connectivity index (χ0) is 12.3. The monoisotopic (exact) mass is 307 g/mol. The number of hydrogen-bond acceptors (Lipinski definition) is 3. The molecule has 0 heterocycles. The van der Waals surface area contributed by atoms with Crippen LogP contribution in [0.2, 0.25) is 0 Å². The molecule has 0 spiro atoms. The minimum absolute atomic E-state index is 0.224. The number of rotatable bonds is 4. The molecule has 0 aliphatic carbocycles. The summed E-state index contributed by atoms with van der Waals surface area (Å²) in [6.45, 7) is 3.10. The number of aliphatic hydroxyl groups excluding tert-OH is 1. The molecule has 0 saturated carbocycles. The van der Waals surface area contributed by atoms with E-state index in [1.807, 2.05) is 0 Å². The molecule has 2 N–H and O–H groups in total. The van der Waals surface area contributed by atoms with E-state index in [0.29, 0.717) is 10.0 Å². The number of nitrogens with one attached hydrogen (secondary N) is 1. The second-order valence-electron chi connectivity index (χ2n) is 3.61. The van der Waals surface area contributed by atoms with E-state index in [1.54, 1.807) is 32.0 Å². The van der Waals surface area contributed by atoms with Gasteiger partial charge in [-0.1, -0.05) is 22.0 Å². The van der Waals surface area contributed by atoms with Gasteiger partial charge in [-0.2, -0.15) is 0 Å². The lowest BCUT2D eigenvalue weighted by molar-refractivity contribution is 0.265. The van der Waals surface area contributed by atoms with Crippen LogP contribution in [0.4, 0.5) is 0 Å². The molecular formula is C10H14BrNO3S. The molecule has 1 aromatic rings. The van der Waals surface area contributed by atoms with E-state index in [1.165, 1.54) is 0 Å². The Morgan fingerprint density at radius 1 is 1.50 bits per heavy atom. The summed E-state index contributed by atoms with van der Waals surface area (Å²) in [4.78, 5) is 0.224. The average molecular weight is 308 g/mol. The molecular weight excluding hydrogens is 294 g/mol. The van der Waals surface area contributed by atoms with Gasteiger partial charge in [0, 0.05) is 10.5 Å². The highest BCUT2D eigenvalue weighted by molar-refractivity contribution is 9.10. The molecule has 0 radical (unpaired) electrons. The van der Waals surface area contributed by atoms with Crippen LogP contribution in [-0.2, 0) is 10.0 Å². The van der Waals surface area contributed by atoms with Crippen molar-refractivity contribution in [2.75, 3.05) is 6.61 Å². The predicted octanol–water partition coefficient (Wildman–Crippen LogP) is 1.42. The third kappa shape index (κ3) is 3.28. The number of aliphatic hydroxyl groups is 1. The molecule has 16 heavy (non-hydrogen) atoms. The van der Waals surface area contributed by atoms with Gasteiger partial charge in [0.15, 0.2) is 0 Å². The van der Waals surface area contributed by atoms with Crippen LogP contribution in [-0.4, -0.2) is 26.2 Å². The minimum atomic E-state index is -3.56. The topological polar surface area (TPSA) is 66.4 Å². The maximum atomic E-state index is 11.9. The molecule has 0 fully saturated rings. The van der Waals surface area contributed by atoms with Gasteiger partial charge < -0.3 is 5.11 Å². The SMILES string of the molecule is Cc1ccc(Br)cc1S(=O)(=O)NC(C)CO. The summed E-state index contributed by atoms with van der Waals surface area (Å²) in [5.74, 6) is 0. The van der Waals surface area contributed by atoms with Crippen molar-refractivity contribution in [2.24, 2.45) is 0 Å². The molecule has 0 amide bonds. The third-order valence-corrected chi connectivity index (χ3v) is 4.29. The van der Waals surface area contributed by atoms with Gasteiger partial charge in [0.25, 0.3) is 0 Å². The highest BCUT2D eigenvalue weighted by Gasteiger charge is 2.19. The first kappa shape index (κ1) is 13.6. The zero-order valence-electron chi connectivity index (χ0n) is 9.07. The molecule has 0 saturated heterocycles. The predicted molar refractivity (Wildman–Crippen MR) is 65.7 cm³/mol. The average Bonchev–Trinajstić information content (AvgIpc) is 2.20. The van der Waals surface area contributed by atoms with Gasteiger partial charge in [-0.25, -0.2) is 13.1 Å². The van der Waals surface area contributed by atoms with E-state index >= 15 is 0 Å². The van der Waals surface area contributed by atoms with Crippen LogP contribution in [0.3, 0.4) is 0 Å². The van der Waals surface area contributed by atoms with Crippen molar-refractivity contribution in [1.82, 2.24) is 4.72 Å². The molecule has 1 aromatic carbocycles. The lowest BCUT2D eigenvalue weighted by Crippen LogP contribution is -2.35. The lowest BCUT2D eigenvalue weighted by Gasteiger charge is -2.13. The first-order valence-corrected chi connectivity index (χ1v) is 7.04. The minimum Gasteiger partial charge on any atom is -0.395 e. The van der Waals surface area contributed by atoms with Gasteiger partial charge in [-0.3, -0.25) is 0 Å². The summed E-state index contributed by atoms with van der Waals surface area (Å²) >= 11 is 3.23. The highest BCUT2D eigenvalue weighted by Crippen LogP contribution is 2.20. The summed E-state index contributed by atoms with van der Waals surface area (Å²) in [6, 6.07) is 4.55. The van der Waals surface area contributed by atoms with Crippen LogP contribution in [0.5, 0.6) is 0 Å². The fourth-order valence-electron chi connectivity index (χ4n) is 1.23. The fourth-order valence-corrected chi connectivity index (χ4v) is 3.25. The Morgan fingerprint density at radius 3 is 2.69 bits per heavy atom. The van der Waals surface area contributed by atoms with E-state index in [0.717, 1.165) is 0 Å². The summed E-state index contributed by atoms with van der Waals surface area (Å²) in [6.07, 6.45) is 0. The Balaban J connectivity index is 3.12. The van der Waals surface area contributed by atoms with Crippen LogP contribution in [0, 0.1) is 6.92 Å². The molecule has 1 rings (SSSR count). The van der Waals surface area contributed by atoms with E-state index < -0.39 is 16.1 Å². The Labute approximate surface area is 104 Å². The number of benzene rings is 1. The smallest absolute Gasteiger partial charge is 0.241 e. The first-order chi connectivity index (χ1) is 7.36. The lowest BCUT2D eigenvalue weighted by atomic mass is 10.2. The van der Waals surface area contributed by atoms with Crippen molar-refractivity contribution in [3.63, 3.8) is 0 Å². The zero-order valence-corrected chi connectivity index (χ0v) is 11.5. The van der Waals surface area contributed by atoms with Crippen LogP contribution in [0.15, 0.2) is 27.6 Å². The standard InChI is InChI=1S/C10H14BrNO3S/c1-7-3-4-9(11)5-10(7)16(14,15)12-8(2)6-13/h3-5,8,12-13H,6H2,1-2H3. The van der Waals surface area contributed by atoms with Crippen LogP contribution < -0.4 is 4.72 Å². The van der Waals surface area contributed by atoms with E-state index in [-0.39, 0.29) is 11.5 Å². The Bertz CT molecular complexity index is 473. The van der Waals surface area contributed by atoms with Crippen molar-refractivity contribution in [1.29, 1.82) is 0 Å². The highest BCUT2D eigenvalue weighted by atomic mass is 79.9. The van der Waals surface area contributed by atoms with Gasteiger partial charge in [0.05, 0.1) is 11.5 Å². The largest absolute Gasteiger partial charge is 0.395 e. The fraction of sp³-hybridized carbons (Fsp3) is 0.400. The second kappa shape index (κ2) is 5.27. The molecule has 0 aliphatic heterocycles. The first-order valence-electron chi connectivity index (χ1n) is 4.76. The van der Waals surface area contributed by atoms with Crippen molar-refractivity contribution < 1.29 is 13.5 Å². The summed E-state index contributed by atoms with van der Waals surface area (Å²) in [5, 5.41) is 8.83. The van der Waals surface area contributed by atoms with Gasteiger partial charge in [0.2, 0.25) is 10.0 Å². The number of halogens is 1. The normalized spacial score (nSPS) is 13.8. The second-order valence-corrected chi connectivity index (χ2v) is 6.21. The molecule has 0 bridgehead atoms. The van der Waals surface area contributed by atoms with Crippen molar-refractivity contribution >= 4 is 26.0 Å². The van der Waals surface area contributed by atoms with Crippen molar-refractivity contribution in [3.8, 4) is 0 Å². The number of hydrogen-bond donors (Lipinski definition) is 2. The molecule has 6 heteroatoms. The quantitative estimate of drug-likeness (QED) is 0.884. The third-order valence-electron chi connectivity index (χ3n) is 2.07. The molecule has 1 atom stereocenters. The molecule has 0 aromatic heterocycles. The van der Waals surface area contributed by atoms with E-state index in [2.05, 4.69) is 20.7 Å². The van der Waals surface area contributed by atoms with Crippen LogP contribution in [0.1, 0.15) is 12.5 Å². The van der Waals surface area contributed by atoms with Gasteiger partial charge in [-0.05, 0) is 31.5 Å². The molecule has 0 aliphatic rings. The number of sulfonamides is 1. The maximum Gasteiger partial charge on any atom is 0.241 e. The molecule has 90 valence electrons. The van der Waals surface area contributed by atoms with Crippen molar-refractivity contribution in [3.05, 3.63) is 28.2 Å². The molecule has 4 nitrogen and oxygen atoms in total. The summed E-state index contributed by atoms with van der Waals surface area (Å²) in [5.41, 5.74) is 0.667. The summed E-state index contributed by atoms with van der Waals surface area (Å²) < 4.78 is 27.0. The van der Waals surface area contributed by atoms with Crippen molar-refractivity contribution in [2.45, 2.75) is 24.8 Å².